The van der Waals surface area contributed by atoms with Gasteiger partial charge in [0.05, 0.1) is 17.1 Å². The van der Waals surface area contributed by atoms with E-state index in [-0.39, 0.29) is 11.7 Å². The highest BCUT2D eigenvalue weighted by Gasteiger charge is 2.34. The molecule has 1 aliphatic rings. The van der Waals surface area contributed by atoms with Crippen LogP contribution in [0.1, 0.15) is 42.4 Å². The third-order valence-electron chi connectivity index (χ3n) is 6.30. The van der Waals surface area contributed by atoms with E-state index in [1.54, 1.807) is 19.6 Å². The number of fused-ring (bicyclic) bond motifs is 1. The summed E-state index contributed by atoms with van der Waals surface area (Å²) in [5, 5.41) is 0. The topological polar surface area (TPSA) is 59.7 Å². The largest absolute Gasteiger partial charge is 0.434 e. The molecule has 3 aromatic heterocycles. The van der Waals surface area contributed by atoms with E-state index in [0.29, 0.717) is 12.1 Å². The molecule has 0 atom stereocenters. The first kappa shape index (κ1) is 23.0. The number of halogens is 3. The summed E-state index contributed by atoms with van der Waals surface area (Å²) in [7, 11) is 1.57. The van der Waals surface area contributed by atoms with Crippen LogP contribution in [0.4, 0.5) is 18.9 Å². The van der Waals surface area contributed by atoms with Crippen LogP contribution in [0.15, 0.2) is 55.1 Å². The number of aryl methyl sites for hydroxylation is 1. The van der Waals surface area contributed by atoms with Crippen LogP contribution in [-0.2, 0) is 26.2 Å². The normalized spacial score (nSPS) is 13.9. The van der Waals surface area contributed by atoms with Crippen LogP contribution in [0.25, 0.3) is 22.6 Å². The zero-order valence-electron chi connectivity index (χ0n) is 19.7. The second-order valence-corrected chi connectivity index (χ2v) is 9.02. The summed E-state index contributed by atoms with van der Waals surface area (Å²) < 4.78 is 40.6. The van der Waals surface area contributed by atoms with Crippen LogP contribution in [0.3, 0.4) is 0 Å². The van der Waals surface area contributed by atoms with E-state index >= 15 is 0 Å². The zero-order valence-corrected chi connectivity index (χ0v) is 19.7. The van der Waals surface area contributed by atoms with Crippen molar-refractivity contribution in [3.05, 3.63) is 77.8 Å². The number of hydrogen-bond acceptors (Lipinski definition) is 5. The molecule has 6 nitrogen and oxygen atoms in total. The number of benzene rings is 1. The Bertz CT molecular complexity index is 1360. The maximum atomic E-state index is 13.1. The number of pyridine rings is 1. The Morgan fingerprint density at radius 2 is 1.77 bits per heavy atom. The van der Waals surface area contributed by atoms with Gasteiger partial charge < -0.3 is 9.47 Å². The number of aromatic nitrogens is 5. The SMILES string of the molecule is CC(C)c1ncccc1-c1ncnc2c1CN(c1ccc(-c3nc(C(F)(F)F)cn3C)cc1)CC2. The van der Waals surface area contributed by atoms with Gasteiger partial charge in [0.25, 0.3) is 0 Å². The van der Waals surface area contributed by atoms with Crippen LogP contribution in [-0.4, -0.2) is 31.0 Å². The van der Waals surface area contributed by atoms with Crippen LogP contribution in [0.5, 0.6) is 0 Å². The molecule has 180 valence electrons. The first-order valence-corrected chi connectivity index (χ1v) is 11.5. The van der Waals surface area contributed by atoms with Crippen molar-refractivity contribution < 1.29 is 13.2 Å². The Hall–Kier alpha value is -3.75. The Morgan fingerprint density at radius 1 is 1.00 bits per heavy atom. The number of alkyl halides is 3. The summed E-state index contributed by atoms with van der Waals surface area (Å²) in [6.07, 6.45) is 0.742. The monoisotopic (exact) mass is 478 g/mol. The van der Waals surface area contributed by atoms with Gasteiger partial charge in [-0.25, -0.2) is 15.0 Å². The van der Waals surface area contributed by atoms with Crippen LogP contribution in [0.2, 0.25) is 0 Å². The lowest BCUT2D eigenvalue weighted by molar-refractivity contribution is -0.140. The summed E-state index contributed by atoms with van der Waals surface area (Å²) in [5.74, 6) is 0.536. The Balaban J connectivity index is 1.44. The van der Waals surface area contributed by atoms with Crippen LogP contribution in [0, 0.1) is 0 Å². The average molecular weight is 479 g/mol. The van der Waals surface area contributed by atoms with Gasteiger partial charge >= 0.3 is 6.18 Å². The minimum Gasteiger partial charge on any atom is -0.367 e. The Morgan fingerprint density at radius 3 is 2.46 bits per heavy atom. The molecular weight excluding hydrogens is 453 g/mol. The molecule has 0 amide bonds. The molecule has 1 aliphatic heterocycles. The average Bonchev–Trinajstić information content (AvgIpc) is 3.25. The van der Waals surface area contributed by atoms with E-state index in [1.165, 1.54) is 4.57 Å². The van der Waals surface area contributed by atoms with Gasteiger partial charge in [0, 0.05) is 61.3 Å². The summed E-state index contributed by atoms with van der Waals surface area (Å²) in [6, 6.07) is 11.5. The van der Waals surface area contributed by atoms with Gasteiger partial charge in [-0.05, 0) is 42.3 Å². The molecule has 0 saturated carbocycles. The predicted molar refractivity (Wildman–Crippen MR) is 128 cm³/mol. The standard InChI is InChI=1S/C26H25F3N6/c1-16(2)23-19(5-4-11-30-23)24-20-13-35(12-10-21(20)31-15-32-24)18-8-6-17(7-9-18)25-33-22(14-34(25)3)26(27,28)29/h4-9,11,14-16H,10,12-13H2,1-3H3. The molecule has 0 fully saturated rings. The zero-order chi connectivity index (χ0) is 24.7. The fraction of sp³-hybridized carbons (Fsp3) is 0.308. The van der Waals surface area contributed by atoms with E-state index in [2.05, 4.69) is 44.7 Å². The van der Waals surface area contributed by atoms with Crippen LogP contribution >= 0.6 is 0 Å². The van der Waals surface area contributed by atoms with Crippen molar-refractivity contribution in [1.82, 2.24) is 24.5 Å². The van der Waals surface area contributed by atoms with Gasteiger partial charge in [-0.15, -0.1) is 0 Å². The van der Waals surface area contributed by atoms with E-state index in [1.807, 2.05) is 30.3 Å². The van der Waals surface area contributed by atoms with Gasteiger partial charge in [-0.1, -0.05) is 13.8 Å². The molecule has 0 bridgehead atoms. The third-order valence-corrected chi connectivity index (χ3v) is 6.30. The molecule has 0 unspecified atom stereocenters. The van der Waals surface area contributed by atoms with E-state index in [9.17, 15) is 13.2 Å². The van der Waals surface area contributed by atoms with E-state index in [4.69, 9.17) is 0 Å². The minimum absolute atomic E-state index is 0.257. The highest BCUT2D eigenvalue weighted by atomic mass is 19.4. The maximum absolute atomic E-state index is 13.1. The molecule has 0 N–H and O–H groups in total. The predicted octanol–water partition coefficient (Wildman–Crippen LogP) is 5.64. The van der Waals surface area contributed by atoms with Crippen LogP contribution < -0.4 is 4.90 Å². The van der Waals surface area contributed by atoms with Gasteiger partial charge in [0.15, 0.2) is 5.69 Å². The molecular formula is C26H25F3N6. The van der Waals surface area contributed by atoms with E-state index in [0.717, 1.165) is 53.1 Å². The van der Waals surface area contributed by atoms with Crippen molar-refractivity contribution >= 4 is 5.69 Å². The fourth-order valence-corrected chi connectivity index (χ4v) is 4.56. The molecule has 0 saturated heterocycles. The molecule has 0 aliphatic carbocycles. The molecule has 0 radical (unpaired) electrons. The molecule has 4 aromatic rings. The Labute approximate surface area is 201 Å². The second-order valence-electron chi connectivity index (χ2n) is 9.02. The first-order chi connectivity index (χ1) is 16.7. The summed E-state index contributed by atoms with van der Waals surface area (Å²) in [5.41, 5.74) is 5.76. The lowest BCUT2D eigenvalue weighted by Crippen LogP contribution is -2.31. The van der Waals surface area contributed by atoms with Crippen molar-refractivity contribution in [2.24, 2.45) is 7.05 Å². The summed E-state index contributed by atoms with van der Waals surface area (Å²) in [4.78, 5) is 19.8. The second kappa shape index (κ2) is 8.79. The van der Waals surface area contributed by atoms with Gasteiger partial charge in [0.2, 0.25) is 0 Å². The molecule has 9 heteroatoms. The van der Waals surface area contributed by atoms with Crippen molar-refractivity contribution in [3.8, 4) is 22.6 Å². The number of hydrogen-bond donors (Lipinski definition) is 0. The third kappa shape index (κ3) is 4.38. The smallest absolute Gasteiger partial charge is 0.367 e. The summed E-state index contributed by atoms with van der Waals surface area (Å²) >= 11 is 0. The van der Waals surface area contributed by atoms with Crippen molar-refractivity contribution in [2.75, 3.05) is 11.4 Å². The molecule has 1 aromatic carbocycles. The van der Waals surface area contributed by atoms with E-state index < -0.39 is 11.9 Å². The molecule has 0 spiro atoms. The maximum Gasteiger partial charge on any atom is 0.434 e. The van der Waals surface area contributed by atoms with Gasteiger partial charge in [-0.3, -0.25) is 4.98 Å². The number of nitrogens with zero attached hydrogens (tertiary/aromatic N) is 6. The first-order valence-electron chi connectivity index (χ1n) is 11.5. The summed E-state index contributed by atoms with van der Waals surface area (Å²) in [6.45, 7) is 5.66. The van der Waals surface area contributed by atoms with Crippen molar-refractivity contribution in [3.63, 3.8) is 0 Å². The van der Waals surface area contributed by atoms with Gasteiger partial charge in [-0.2, -0.15) is 13.2 Å². The fourth-order valence-electron chi connectivity index (χ4n) is 4.56. The minimum atomic E-state index is -4.47. The molecule has 4 heterocycles. The lowest BCUT2D eigenvalue weighted by Gasteiger charge is -2.31. The number of imidazole rings is 1. The Kier molecular flexibility index (Phi) is 5.78. The molecule has 35 heavy (non-hydrogen) atoms. The van der Waals surface area contributed by atoms with Crippen molar-refractivity contribution in [2.45, 2.75) is 38.9 Å². The van der Waals surface area contributed by atoms with Crippen molar-refractivity contribution in [1.29, 1.82) is 0 Å². The van der Waals surface area contributed by atoms with Gasteiger partial charge in [0.1, 0.15) is 12.2 Å². The molecule has 5 rings (SSSR count). The highest BCUT2D eigenvalue weighted by Crippen LogP contribution is 2.34. The quantitative estimate of drug-likeness (QED) is 0.380. The number of anilines is 1. The highest BCUT2D eigenvalue weighted by molar-refractivity contribution is 5.68. The lowest BCUT2D eigenvalue weighted by atomic mass is 9.95. The number of rotatable bonds is 4.